The first-order valence-corrected chi connectivity index (χ1v) is 11.3. The molecule has 0 saturated carbocycles. The number of thiophene rings is 1. The normalized spacial score (nSPS) is 12.0. The lowest BCUT2D eigenvalue weighted by molar-refractivity contribution is -0.119. The molecule has 164 valence electrons. The summed E-state index contributed by atoms with van der Waals surface area (Å²) in [5.41, 5.74) is 3.36. The van der Waals surface area contributed by atoms with Crippen molar-refractivity contribution in [2.45, 2.75) is 33.2 Å². The largest absolute Gasteiger partial charge is 0.495 e. The Bertz CT molecular complexity index is 1340. The fraction of sp³-hybridized carbons (Fsp3) is 0.240. The first kappa shape index (κ1) is 21.8. The maximum Gasteiger partial charge on any atom is 0.263 e. The number of para-hydroxylation sites is 2. The Morgan fingerprint density at radius 2 is 1.88 bits per heavy atom. The number of nitrogens with zero attached hydrogens (tertiary/aromatic N) is 2. The third-order valence-corrected chi connectivity index (χ3v) is 6.56. The van der Waals surface area contributed by atoms with Crippen LogP contribution in [0.5, 0.6) is 5.75 Å². The highest BCUT2D eigenvalue weighted by atomic mass is 32.1. The maximum atomic E-state index is 13.6. The molecular formula is C25H25N3O3S. The molecule has 4 rings (SSSR count). The van der Waals surface area contributed by atoms with Crippen LogP contribution in [0.3, 0.4) is 0 Å². The Morgan fingerprint density at radius 3 is 2.56 bits per heavy atom. The number of carbonyl (C=O) groups excluding carboxylic acids is 1. The van der Waals surface area contributed by atoms with Crippen molar-refractivity contribution in [3.63, 3.8) is 0 Å². The van der Waals surface area contributed by atoms with Crippen molar-refractivity contribution in [2.75, 3.05) is 12.4 Å². The van der Waals surface area contributed by atoms with Crippen LogP contribution in [0.25, 0.3) is 21.3 Å². The van der Waals surface area contributed by atoms with Gasteiger partial charge in [0.05, 0.1) is 24.5 Å². The molecule has 0 spiro atoms. The molecule has 4 aromatic rings. The van der Waals surface area contributed by atoms with Gasteiger partial charge in [0, 0.05) is 10.4 Å². The molecule has 32 heavy (non-hydrogen) atoms. The minimum Gasteiger partial charge on any atom is -0.495 e. The van der Waals surface area contributed by atoms with E-state index in [0.717, 1.165) is 21.6 Å². The van der Waals surface area contributed by atoms with E-state index in [-0.39, 0.29) is 11.5 Å². The predicted octanol–water partition coefficient (Wildman–Crippen LogP) is 5.34. The lowest BCUT2D eigenvalue weighted by atomic mass is 10.0. The van der Waals surface area contributed by atoms with Crippen LogP contribution in [0, 0.1) is 13.8 Å². The topological polar surface area (TPSA) is 73.2 Å². The smallest absolute Gasteiger partial charge is 0.263 e. The van der Waals surface area contributed by atoms with Gasteiger partial charge < -0.3 is 10.1 Å². The molecule has 7 heteroatoms. The van der Waals surface area contributed by atoms with Crippen LogP contribution in [0.1, 0.15) is 29.8 Å². The van der Waals surface area contributed by atoms with Crippen LogP contribution < -0.4 is 15.6 Å². The zero-order valence-corrected chi connectivity index (χ0v) is 19.3. The Labute approximate surface area is 190 Å². The van der Waals surface area contributed by atoms with Crippen molar-refractivity contribution < 1.29 is 9.53 Å². The number of anilines is 1. The van der Waals surface area contributed by atoms with Crippen LogP contribution in [0.15, 0.2) is 59.7 Å². The summed E-state index contributed by atoms with van der Waals surface area (Å²) in [6, 6.07) is 14.6. The lowest BCUT2D eigenvalue weighted by Gasteiger charge is -2.18. The van der Waals surface area contributed by atoms with E-state index in [9.17, 15) is 9.59 Å². The number of amides is 1. The molecule has 1 unspecified atom stereocenters. The van der Waals surface area contributed by atoms with Crippen LogP contribution in [0.4, 0.5) is 5.69 Å². The van der Waals surface area contributed by atoms with Gasteiger partial charge in [-0.3, -0.25) is 14.2 Å². The van der Waals surface area contributed by atoms with Gasteiger partial charge in [0.25, 0.3) is 5.56 Å². The fourth-order valence-electron chi connectivity index (χ4n) is 3.88. The number of rotatable bonds is 6. The number of benzene rings is 2. The summed E-state index contributed by atoms with van der Waals surface area (Å²) >= 11 is 1.49. The van der Waals surface area contributed by atoms with E-state index in [1.807, 2.05) is 57.2 Å². The van der Waals surface area contributed by atoms with Crippen LogP contribution in [-0.2, 0) is 4.79 Å². The molecular weight excluding hydrogens is 422 g/mol. The number of nitrogens with one attached hydrogen (secondary N) is 1. The average molecular weight is 448 g/mol. The number of ether oxygens (including phenoxy) is 1. The molecule has 0 fully saturated rings. The molecule has 1 atom stereocenters. The highest BCUT2D eigenvalue weighted by molar-refractivity contribution is 7.19. The zero-order chi connectivity index (χ0) is 22.8. The second-order valence-corrected chi connectivity index (χ2v) is 8.85. The van der Waals surface area contributed by atoms with Gasteiger partial charge in [0.2, 0.25) is 5.91 Å². The molecule has 0 bridgehead atoms. The van der Waals surface area contributed by atoms with Gasteiger partial charge in [-0.15, -0.1) is 11.3 Å². The number of aryl methyl sites for hydroxylation is 2. The van der Waals surface area contributed by atoms with E-state index in [2.05, 4.69) is 10.3 Å². The number of methoxy groups -OCH3 is 1. The summed E-state index contributed by atoms with van der Waals surface area (Å²) in [5, 5.41) is 3.45. The second kappa shape index (κ2) is 8.96. The third-order valence-electron chi connectivity index (χ3n) is 5.54. The molecule has 6 nitrogen and oxygen atoms in total. The van der Waals surface area contributed by atoms with Crippen molar-refractivity contribution in [1.82, 2.24) is 9.55 Å². The summed E-state index contributed by atoms with van der Waals surface area (Å²) in [6.45, 7) is 5.91. The van der Waals surface area contributed by atoms with Gasteiger partial charge in [-0.1, -0.05) is 48.9 Å². The van der Waals surface area contributed by atoms with Crippen molar-refractivity contribution in [1.29, 1.82) is 0 Å². The van der Waals surface area contributed by atoms with Gasteiger partial charge >= 0.3 is 0 Å². The van der Waals surface area contributed by atoms with E-state index < -0.39 is 6.04 Å². The van der Waals surface area contributed by atoms with E-state index in [1.165, 1.54) is 22.2 Å². The molecule has 0 aliphatic heterocycles. The Morgan fingerprint density at radius 1 is 1.16 bits per heavy atom. The van der Waals surface area contributed by atoms with Gasteiger partial charge in [-0.05, 0) is 38.0 Å². The highest BCUT2D eigenvalue weighted by Crippen LogP contribution is 2.36. The molecule has 1 N–H and O–H groups in total. The molecule has 1 amide bonds. The number of fused-ring (bicyclic) bond motifs is 1. The Balaban J connectivity index is 1.78. The van der Waals surface area contributed by atoms with Crippen LogP contribution in [0.2, 0.25) is 0 Å². The maximum absolute atomic E-state index is 13.6. The third kappa shape index (κ3) is 3.91. The summed E-state index contributed by atoms with van der Waals surface area (Å²) in [5.74, 6) is 0.274. The molecule has 2 aromatic carbocycles. The number of carbonyl (C=O) groups is 1. The fourth-order valence-corrected chi connectivity index (χ4v) is 4.88. The van der Waals surface area contributed by atoms with Crippen molar-refractivity contribution in [2.24, 2.45) is 0 Å². The van der Waals surface area contributed by atoms with Gasteiger partial charge in [0.1, 0.15) is 16.6 Å². The van der Waals surface area contributed by atoms with E-state index in [1.54, 1.807) is 19.2 Å². The van der Waals surface area contributed by atoms with Crippen LogP contribution >= 0.6 is 11.3 Å². The van der Waals surface area contributed by atoms with Crippen molar-refractivity contribution in [3.8, 4) is 16.9 Å². The SMILES string of the molecule is CCC(C(=O)Nc1ccccc1OC)n1cnc2sc(C)c(-c3ccc(C)cc3)c2c1=O. The standard InChI is InChI=1S/C25H25N3O3S/c1-5-19(23(29)27-18-8-6-7-9-20(18)31-4)28-14-26-24-22(25(28)30)21(16(3)32-24)17-12-10-15(2)11-13-17/h6-14,19H,5H2,1-4H3,(H,27,29). The number of hydrogen-bond donors (Lipinski definition) is 1. The van der Waals surface area contributed by atoms with E-state index in [4.69, 9.17) is 4.74 Å². The Hall–Kier alpha value is -3.45. The predicted molar refractivity (Wildman–Crippen MR) is 130 cm³/mol. The van der Waals surface area contributed by atoms with Gasteiger partial charge in [-0.25, -0.2) is 4.98 Å². The van der Waals surface area contributed by atoms with Gasteiger partial charge in [0.15, 0.2) is 0 Å². The molecule has 0 saturated heterocycles. The molecule has 0 aliphatic rings. The average Bonchev–Trinajstić information content (AvgIpc) is 3.13. The monoisotopic (exact) mass is 447 g/mol. The second-order valence-electron chi connectivity index (χ2n) is 7.65. The zero-order valence-electron chi connectivity index (χ0n) is 18.5. The summed E-state index contributed by atoms with van der Waals surface area (Å²) < 4.78 is 6.77. The molecule has 2 heterocycles. The van der Waals surface area contributed by atoms with Crippen molar-refractivity contribution >= 4 is 33.1 Å². The van der Waals surface area contributed by atoms with E-state index >= 15 is 0 Å². The quantitative estimate of drug-likeness (QED) is 0.433. The minimum absolute atomic E-state index is 0.211. The number of aromatic nitrogens is 2. The van der Waals surface area contributed by atoms with E-state index in [0.29, 0.717) is 28.1 Å². The Kier molecular flexibility index (Phi) is 6.10. The first-order chi connectivity index (χ1) is 15.4. The summed E-state index contributed by atoms with van der Waals surface area (Å²) in [7, 11) is 1.55. The lowest BCUT2D eigenvalue weighted by Crippen LogP contribution is -2.33. The molecule has 0 radical (unpaired) electrons. The van der Waals surface area contributed by atoms with Gasteiger partial charge in [-0.2, -0.15) is 0 Å². The summed E-state index contributed by atoms with van der Waals surface area (Å²) in [4.78, 5) is 33.0. The first-order valence-electron chi connectivity index (χ1n) is 10.5. The summed E-state index contributed by atoms with van der Waals surface area (Å²) in [6.07, 6.45) is 1.92. The van der Waals surface area contributed by atoms with Crippen LogP contribution in [-0.4, -0.2) is 22.6 Å². The minimum atomic E-state index is -0.699. The molecule has 0 aliphatic carbocycles. The number of hydrogen-bond acceptors (Lipinski definition) is 5. The van der Waals surface area contributed by atoms with Crippen molar-refractivity contribution in [3.05, 3.63) is 75.7 Å². The molecule has 2 aromatic heterocycles. The highest BCUT2D eigenvalue weighted by Gasteiger charge is 2.24.